The number of rotatable bonds is 6. The van der Waals surface area contributed by atoms with Crippen LogP contribution in [0.25, 0.3) is 0 Å². The summed E-state index contributed by atoms with van der Waals surface area (Å²) in [5, 5.41) is 15.8. The molecule has 1 aromatic carbocycles. The highest BCUT2D eigenvalue weighted by Crippen LogP contribution is 2.13. The molecular formula is C22H28N6. The third-order valence-corrected chi connectivity index (χ3v) is 4.89. The van der Waals surface area contributed by atoms with Crippen LogP contribution in [-0.2, 0) is 13.1 Å². The van der Waals surface area contributed by atoms with E-state index in [9.17, 15) is 0 Å². The number of benzene rings is 1. The molecule has 1 saturated heterocycles. The maximum absolute atomic E-state index is 8.90. The van der Waals surface area contributed by atoms with Crippen LogP contribution in [0.15, 0.2) is 53.7 Å². The van der Waals surface area contributed by atoms with Gasteiger partial charge in [0.1, 0.15) is 0 Å². The highest BCUT2D eigenvalue weighted by molar-refractivity contribution is 5.80. The Morgan fingerprint density at radius 3 is 2.64 bits per heavy atom. The summed E-state index contributed by atoms with van der Waals surface area (Å²) in [5.41, 5.74) is 2.91. The van der Waals surface area contributed by atoms with E-state index in [1.165, 1.54) is 0 Å². The highest BCUT2D eigenvalue weighted by atomic mass is 15.2. The van der Waals surface area contributed by atoms with Crippen molar-refractivity contribution >= 4 is 5.96 Å². The molecule has 2 aromatic rings. The van der Waals surface area contributed by atoms with Gasteiger partial charge in [0.15, 0.2) is 5.96 Å². The molecular weight excluding hydrogens is 348 g/mol. The molecule has 6 heteroatoms. The zero-order chi connectivity index (χ0) is 19.6. The van der Waals surface area contributed by atoms with Crippen LogP contribution in [0.5, 0.6) is 0 Å². The largest absolute Gasteiger partial charge is 0.357 e. The lowest BCUT2D eigenvalue weighted by atomic mass is 10.0. The lowest BCUT2D eigenvalue weighted by Crippen LogP contribution is -2.48. The second-order valence-corrected chi connectivity index (χ2v) is 7.02. The van der Waals surface area contributed by atoms with Crippen molar-refractivity contribution in [3.63, 3.8) is 0 Å². The van der Waals surface area contributed by atoms with E-state index in [4.69, 9.17) is 10.3 Å². The first kappa shape index (κ1) is 19.8. The number of nitrogens with zero attached hydrogens (tertiary/aromatic N) is 4. The minimum Gasteiger partial charge on any atom is -0.357 e. The van der Waals surface area contributed by atoms with Crippen LogP contribution in [-0.4, -0.2) is 41.5 Å². The summed E-state index contributed by atoms with van der Waals surface area (Å²) >= 11 is 0. The van der Waals surface area contributed by atoms with Crippen molar-refractivity contribution in [3.8, 4) is 6.07 Å². The van der Waals surface area contributed by atoms with Gasteiger partial charge in [0, 0.05) is 38.4 Å². The molecule has 6 nitrogen and oxygen atoms in total. The number of hydrogen-bond donors (Lipinski definition) is 2. The average molecular weight is 377 g/mol. The van der Waals surface area contributed by atoms with Gasteiger partial charge in [0.25, 0.3) is 0 Å². The van der Waals surface area contributed by atoms with E-state index in [0.717, 1.165) is 56.2 Å². The molecule has 2 N–H and O–H groups in total. The molecule has 1 aliphatic rings. The van der Waals surface area contributed by atoms with Crippen molar-refractivity contribution in [2.45, 2.75) is 38.9 Å². The van der Waals surface area contributed by atoms with Crippen LogP contribution in [0.1, 0.15) is 36.6 Å². The first-order valence-corrected chi connectivity index (χ1v) is 9.93. The number of aliphatic imine (C=N–C) groups is 1. The van der Waals surface area contributed by atoms with Gasteiger partial charge in [-0.05, 0) is 49.6 Å². The van der Waals surface area contributed by atoms with E-state index < -0.39 is 0 Å². The van der Waals surface area contributed by atoms with Gasteiger partial charge in [-0.1, -0.05) is 18.2 Å². The zero-order valence-electron chi connectivity index (χ0n) is 16.4. The first-order valence-electron chi connectivity index (χ1n) is 9.93. The van der Waals surface area contributed by atoms with Gasteiger partial charge in [0.2, 0.25) is 0 Å². The molecule has 1 aromatic heterocycles. The Morgan fingerprint density at radius 2 is 2.00 bits per heavy atom. The Morgan fingerprint density at radius 1 is 1.21 bits per heavy atom. The summed E-state index contributed by atoms with van der Waals surface area (Å²) < 4.78 is 0. The van der Waals surface area contributed by atoms with E-state index in [-0.39, 0.29) is 0 Å². The standard InChI is InChI=1S/C22H28N6/c1-2-24-22(26-16-19-8-6-18(15-23)7-9-19)27-20-10-13-28(14-11-20)17-21-5-3-4-12-25-21/h3-9,12,20H,2,10-11,13-14,16-17H2,1H3,(H2,24,26,27). The molecule has 0 spiro atoms. The van der Waals surface area contributed by atoms with Crippen LogP contribution in [0, 0.1) is 11.3 Å². The Balaban J connectivity index is 1.49. The van der Waals surface area contributed by atoms with Crippen LogP contribution >= 0.6 is 0 Å². The molecule has 28 heavy (non-hydrogen) atoms. The second kappa shape index (κ2) is 10.4. The van der Waals surface area contributed by atoms with Crippen molar-refractivity contribution < 1.29 is 0 Å². The number of guanidine groups is 1. The maximum atomic E-state index is 8.90. The molecule has 146 valence electrons. The second-order valence-electron chi connectivity index (χ2n) is 7.02. The SMILES string of the molecule is CCNC(=NCc1ccc(C#N)cc1)NC1CCN(Cc2ccccn2)CC1. The zero-order valence-corrected chi connectivity index (χ0v) is 16.4. The summed E-state index contributed by atoms with van der Waals surface area (Å²) in [4.78, 5) is 11.6. The third kappa shape index (κ3) is 6.07. The van der Waals surface area contributed by atoms with Crippen molar-refractivity contribution in [1.29, 1.82) is 5.26 Å². The van der Waals surface area contributed by atoms with Gasteiger partial charge < -0.3 is 10.6 Å². The molecule has 3 rings (SSSR count). The van der Waals surface area contributed by atoms with Crippen molar-refractivity contribution in [1.82, 2.24) is 20.5 Å². The lowest BCUT2D eigenvalue weighted by Gasteiger charge is -2.32. The third-order valence-electron chi connectivity index (χ3n) is 4.89. The lowest BCUT2D eigenvalue weighted by molar-refractivity contribution is 0.196. The summed E-state index contributed by atoms with van der Waals surface area (Å²) in [5.74, 6) is 0.857. The van der Waals surface area contributed by atoms with E-state index >= 15 is 0 Å². The number of likely N-dealkylation sites (tertiary alicyclic amines) is 1. The quantitative estimate of drug-likeness (QED) is 0.599. The minimum absolute atomic E-state index is 0.429. The summed E-state index contributed by atoms with van der Waals surface area (Å²) in [7, 11) is 0. The van der Waals surface area contributed by atoms with Gasteiger partial charge in [-0.3, -0.25) is 9.88 Å². The number of nitriles is 1. The van der Waals surface area contributed by atoms with Crippen LogP contribution in [0.2, 0.25) is 0 Å². The predicted octanol–water partition coefficient (Wildman–Crippen LogP) is 2.67. The fourth-order valence-electron chi connectivity index (χ4n) is 3.32. The number of aromatic nitrogens is 1. The van der Waals surface area contributed by atoms with Crippen molar-refractivity contribution in [2.24, 2.45) is 4.99 Å². The maximum Gasteiger partial charge on any atom is 0.191 e. The Bertz CT molecular complexity index is 786. The monoisotopic (exact) mass is 376 g/mol. The van der Waals surface area contributed by atoms with E-state index in [0.29, 0.717) is 18.2 Å². The van der Waals surface area contributed by atoms with E-state index in [2.05, 4.69) is 39.6 Å². The average Bonchev–Trinajstić information content (AvgIpc) is 2.75. The van der Waals surface area contributed by atoms with Crippen LogP contribution < -0.4 is 10.6 Å². The smallest absolute Gasteiger partial charge is 0.191 e. The molecule has 0 bridgehead atoms. The minimum atomic E-state index is 0.429. The summed E-state index contributed by atoms with van der Waals surface area (Å²) in [6, 6.07) is 16.3. The number of nitrogens with one attached hydrogen (secondary N) is 2. The number of pyridine rings is 1. The van der Waals surface area contributed by atoms with Gasteiger partial charge in [0.05, 0.1) is 23.9 Å². The normalized spacial score (nSPS) is 15.8. The van der Waals surface area contributed by atoms with Crippen molar-refractivity contribution in [3.05, 3.63) is 65.5 Å². The fourth-order valence-corrected chi connectivity index (χ4v) is 3.32. The van der Waals surface area contributed by atoms with Gasteiger partial charge >= 0.3 is 0 Å². The highest BCUT2D eigenvalue weighted by Gasteiger charge is 2.20. The Kier molecular flexibility index (Phi) is 7.39. The fraction of sp³-hybridized carbons (Fsp3) is 0.409. The van der Waals surface area contributed by atoms with Crippen LogP contribution in [0.4, 0.5) is 0 Å². The van der Waals surface area contributed by atoms with Crippen LogP contribution in [0.3, 0.4) is 0 Å². The molecule has 0 unspecified atom stereocenters. The number of hydrogen-bond acceptors (Lipinski definition) is 4. The molecule has 0 amide bonds. The van der Waals surface area contributed by atoms with E-state index in [1.807, 2.05) is 42.6 Å². The summed E-state index contributed by atoms with van der Waals surface area (Å²) in [6.45, 7) is 6.54. The van der Waals surface area contributed by atoms with E-state index in [1.54, 1.807) is 0 Å². The molecule has 1 aliphatic heterocycles. The van der Waals surface area contributed by atoms with Gasteiger partial charge in [-0.25, -0.2) is 4.99 Å². The Hall–Kier alpha value is -2.91. The molecule has 2 heterocycles. The number of piperidine rings is 1. The first-order chi connectivity index (χ1) is 13.8. The summed E-state index contributed by atoms with van der Waals surface area (Å²) in [6.07, 6.45) is 4.04. The van der Waals surface area contributed by atoms with Gasteiger partial charge in [-0.2, -0.15) is 5.26 Å². The molecule has 0 saturated carbocycles. The Labute approximate surface area is 167 Å². The molecule has 0 atom stereocenters. The predicted molar refractivity (Wildman–Crippen MR) is 112 cm³/mol. The van der Waals surface area contributed by atoms with Crippen molar-refractivity contribution in [2.75, 3.05) is 19.6 Å². The molecule has 1 fully saturated rings. The van der Waals surface area contributed by atoms with Gasteiger partial charge in [-0.15, -0.1) is 0 Å². The topological polar surface area (TPSA) is 76.3 Å². The molecule has 0 radical (unpaired) electrons. The molecule has 0 aliphatic carbocycles.